The van der Waals surface area contributed by atoms with E-state index < -0.39 is 0 Å². The van der Waals surface area contributed by atoms with Crippen LogP contribution >= 0.6 is 43.6 Å². The quantitative estimate of drug-likeness (QED) is 0.281. The molecule has 1 fully saturated rings. The van der Waals surface area contributed by atoms with Crippen LogP contribution in [0.1, 0.15) is 11.1 Å². The normalized spacial score (nSPS) is 15.7. The van der Waals surface area contributed by atoms with Crippen LogP contribution in [0.2, 0.25) is 0 Å². The third-order valence-corrected chi connectivity index (χ3v) is 6.54. The summed E-state index contributed by atoms with van der Waals surface area (Å²) in [6.45, 7) is 4.54. The molecular weight excluding hydrogens is 516 g/mol. The summed E-state index contributed by atoms with van der Waals surface area (Å²) in [5, 5.41) is 0.757. The Labute approximate surface area is 189 Å². The van der Waals surface area contributed by atoms with E-state index in [1.54, 1.807) is 12.2 Å². The summed E-state index contributed by atoms with van der Waals surface area (Å²) in [5.41, 5.74) is 3.14. The summed E-state index contributed by atoms with van der Waals surface area (Å²) in [7, 11) is 0. The lowest BCUT2D eigenvalue weighted by molar-refractivity contribution is -0.122. The minimum atomic E-state index is -0.274. The fourth-order valence-corrected chi connectivity index (χ4v) is 4.72. The lowest BCUT2D eigenvalue weighted by atomic mass is 10.1. The monoisotopic (exact) mass is 530 g/mol. The summed E-state index contributed by atoms with van der Waals surface area (Å²) < 4.78 is 4.16. The standard InChI is InChI=1S/C22H16Br2N2O2S/c1-2-9-26-21(27)20(29-22(26)28)10-15-13-25(12-14-3-5-16(23)6-4-14)19-8-7-17(24)11-18(15)19/h2-8,10-11,13H,1,9,12H2/b20-10-. The van der Waals surface area contributed by atoms with Gasteiger partial charge in [0.05, 0.1) is 4.91 Å². The predicted molar refractivity (Wildman–Crippen MR) is 126 cm³/mol. The zero-order valence-electron chi connectivity index (χ0n) is 15.3. The van der Waals surface area contributed by atoms with Crippen LogP contribution in [0, 0.1) is 0 Å². The Balaban J connectivity index is 1.76. The molecule has 4 rings (SSSR count). The molecule has 0 aliphatic carbocycles. The molecule has 2 heterocycles. The molecule has 0 bridgehead atoms. The van der Waals surface area contributed by atoms with Crippen molar-refractivity contribution in [3.63, 3.8) is 0 Å². The zero-order valence-corrected chi connectivity index (χ0v) is 19.3. The fraction of sp³-hybridized carbons (Fsp3) is 0.0909. The van der Waals surface area contributed by atoms with Crippen molar-refractivity contribution >= 4 is 71.7 Å². The highest BCUT2D eigenvalue weighted by atomic mass is 79.9. The molecule has 29 heavy (non-hydrogen) atoms. The van der Waals surface area contributed by atoms with E-state index in [0.29, 0.717) is 11.4 Å². The second-order valence-corrected chi connectivity index (χ2v) is 9.41. The summed E-state index contributed by atoms with van der Waals surface area (Å²) in [6.07, 6.45) is 5.39. The van der Waals surface area contributed by atoms with Crippen LogP contribution in [0.3, 0.4) is 0 Å². The average Bonchev–Trinajstić information content (AvgIpc) is 3.16. The molecule has 0 spiro atoms. The smallest absolute Gasteiger partial charge is 0.293 e. The van der Waals surface area contributed by atoms with Crippen LogP contribution in [0.4, 0.5) is 4.79 Å². The first-order valence-corrected chi connectivity index (χ1v) is 11.3. The van der Waals surface area contributed by atoms with Gasteiger partial charge in [-0.1, -0.05) is 50.1 Å². The van der Waals surface area contributed by atoms with Gasteiger partial charge < -0.3 is 4.57 Å². The van der Waals surface area contributed by atoms with Crippen molar-refractivity contribution in [2.24, 2.45) is 0 Å². The molecule has 0 atom stereocenters. The van der Waals surface area contributed by atoms with E-state index in [4.69, 9.17) is 0 Å². The summed E-state index contributed by atoms with van der Waals surface area (Å²) in [5.74, 6) is -0.274. The average molecular weight is 532 g/mol. The Kier molecular flexibility index (Phi) is 5.81. The number of hydrogen-bond acceptors (Lipinski definition) is 3. The predicted octanol–water partition coefficient (Wildman–Crippen LogP) is 6.44. The Morgan fingerprint density at radius 3 is 2.48 bits per heavy atom. The molecule has 7 heteroatoms. The molecule has 1 aliphatic rings. The van der Waals surface area contributed by atoms with E-state index in [-0.39, 0.29) is 17.7 Å². The number of carbonyl (C=O) groups is 2. The number of carbonyl (C=O) groups excluding carboxylic acids is 2. The molecule has 1 saturated heterocycles. The summed E-state index contributed by atoms with van der Waals surface area (Å²) in [6, 6.07) is 14.3. The number of nitrogens with zero attached hydrogens (tertiary/aromatic N) is 2. The highest BCUT2D eigenvalue weighted by Gasteiger charge is 2.34. The maximum absolute atomic E-state index is 12.6. The van der Waals surface area contributed by atoms with Gasteiger partial charge in [0, 0.05) is 44.7 Å². The number of halogens is 2. The molecule has 2 aromatic carbocycles. The minimum absolute atomic E-state index is 0.221. The maximum atomic E-state index is 12.6. The summed E-state index contributed by atoms with van der Waals surface area (Å²) >= 11 is 7.97. The molecule has 1 aromatic heterocycles. The minimum Gasteiger partial charge on any atom is -0.342 e. The van der Waals surface area contributed by atoms with Crippen LogP contribution in [-0.4, -0.2) is 27.2 Å². The number of thioether (sulfide) groups is 1. The number of imide groups is 1. The second kappa shape index (κ2) is 8.34. The highest BCUT2D eigenvalue weighted by molar-refractivity contribution is 9.10. The van der Waals surface area contributed by atoms with Crippen LogP contribution < -0.4 is 0 Å². The van der Waals surface area contributed by atoms with Gasteiger partial charge in [0.25, 0.3) is 11.1 Å². The van der Waals surface area contributed by atoms with Crippen LogP contribution in [0.15, 0.2) is 75.2 Å². The maximum Gasteiger partial charge on any atom is 0.293 e. The fourth-order valence-electron chi connectivity index (χ4n) is 3.26. The lowest BCUT2D eigenvalue weighted by Crippen LogP contribution is -2.27. The largest absolute Gasteiger partial charge is 0.342 e. The summed E-state index contributed by atoms with van der Waals surface area (Å²) in [4.78, 5) is 26.4. The molecular formula is C22H16Br2N2O2S. The van der Waals surface area contributed by atoms with E-state index in [9.17, 15) is 9.59 Å². The van der Waals surface area contributed by atoms with Gasteiger partial charge in [-0.2, -0.15) is 0 Å². The van der Waals surface area contributed by atoms with Gasteiger partial charge in [0.2, 0.25) is 0 Å². The van der Waals surface area contributed by atoms with Crippen molar-refractivity contribution in [3.8, 4) is 0 Å². The zero-order chi connectivity index (χ0) is 20.5. The Morgan fingerprint density at radius 2 is 1.76 bits per heavy atom. The topological polar surface area (TPSA) is 42.3 Å². The van der Waals surface area contributed by atoms with Crippen molar-refractivity contribution in [3.05, 3.63) is 86.3 Å². The first-order chi connectivity index (χ1) is 14.0. The van der Waals surface area contributed by atoms with E-state index in [1.165, 1.54) is 10.5 Å². The van der Waals surface area contributed by atoms with Gasteiger partial charge >= 0.3 is 0 Å². The first kappa shape index (κ1) is 20.2. The highest BCUT2D eigenvalue weighted by Crippen LogP contribution is 2.35. The molecule has 0 saturated carbocycles. The lowest BCUT2D eigenvalue weighted by Gasteiger charge is -2.07. The van der Waals surface area contributed by atoms with Crippen molar-refractivity contribution in [2.75, 3.05) is 6.54 Å². The Morgan fingerprint density at radius 1 is 1.03 bits per heavy atom. The van der Waals surface area contributed by atoms with Gasteiger partial charge in [-0.3, -0.25) is 14.5 Å². The Bertz CT molecular complexity index is 1170. The number of aromatic nitrogens is 1. The van der Waals surface area contributed by atoms with Gasteiger partial charge in [-0.05, 0) is 53.7 Å². The molecule has 1 aliphatic heterocycles. The molecule has 3 aromatic rings. The second-order valence-electron chi connectivity index (χ2n) is 6.58. The van der Waals surface area contributed by atoms with E-state index in [2.05, 4.69) is 61.2 Å². The molecule has 0 unspecified atom stereocenters. The molecule has 0 radical (unpaired) electrons. The molecule has 0 N–H and O–H groups in total. The number of hydrogen-bond donors (Lipinski definition) is 0. The van der Waals surface area contributed by atoms with Gasteiger partial charge in [0.15, 0.2) is 0 Å². The van der Waals surface area contributed by atoms with Gasteiger partial charge in [0.1, 0.15) is 0 Å². The van der Waals surface area contributed by atoms with E-state index in [1.807, 2.05) is 30.5 Å². The van der Waals surface area contributed by atoms with Gasteiger partial charge in [-0.25, -0.2) is 0 Å². The van der Waals surface area contributed by atoms with Crippen LogP contribution in [0.25, 0.3) is 17.0 Å². The number of amides is 2. The molecule has 4 nitrogen and oxygen atoms in total. The number of rotatable bonds is 5. The van der Waals surface area contributed by atoms with E-state index in [0.717, 1.165) is 37.2 Å². The first-order valence-electron chi connectivity index (χ1n) is 8.85. The molecule has 146 valence electrons. The third-order valence-electron chi connectivity index (χ3n) is 4.61. The van der Waals surface area contributed by atoms with Crippen LogP contribution in [0.5, 0.6) is 0 Å². The molecule has 2 amide bonds. The third kappa shape index (κ3) is 4.13. The van der Waals surface area contributed by atoms with Crippen molar-refractivity contribution < 1.29 is 9.59 Å². The number of fused-ring (bicyclic) bond motifs is 1. The van der Waals surface area contributed by atoms with E-state index >= 15 is 0 Å². The SMILES string of the molecule is C=CCN1C(=O)S/C(=C\c2cn(Cc3ccc(Br)cc3)c3ccc(Br)cc23)C1=O. The van der Waals surface area contributed by atoms with Gasteiger partial charge in [-0.15, -0.1) is 6.58 Å². The van der Waals surface area contributed by atoms with Crippen molar-refractivity contribution in [1.82, 2.24) is 9.47 Å². The van der Waals surface area contributed by atoms with Crippen molar-refractivity contribution in [1.29, 1.82) is 0 Å². The van der Waals surface area contributed by atoms with Crippen LogP contribution in [-0.2, 0) is 11.3 Å². The number of benzene rings is 2. The van der Waals surface area contributed by atoms with Crippen molar-refractivity contribution in [2.45, 2.75) is 6.54 Å². The Hall–Kier alpha value is -2.09.